The maximum absolute atomic E-state index is 12.8. The van der Waals surface area contributed by atoms with Crippen LogP contribution in [0.1, 0.15) is 16.1 Å². The molecule has 2 aromatic carbocycles. The fourth-order valence-corrected chi connectivity index (χ4v) is 2.10. The number of hydrogen-bond donors (Lipinski definition) is 1. The van der Waals surface area contributed by atoms with E-state index in [-0.39, 0.29) is 11.2 Å². The number of amides is 1. The molecule has 0 atom stereocenters. The monoisotopic (exact) mass is 297 g/mol. The number of anilines is 1. The molecule has 0 fully saturated rings. The van der Waals surface area contributed by atoms with E-state index in [1.807, 2.05) is 6.92 Å². The summed E-state index contributed by atoms with van der Waals surface area (Å²) in [7, 11) is 0. The number of halogens is 1. The molecule has 0 aliphatic heterocycles. The van der Waals surface area contributed by atoms with E-state index in [2.05, 4.69) is 5.32 Å². The molecule has 0 spiro atoms. The van der Waals surface area contributed by atoms with Crippen LogP contribution < -0.4 is 10.7 Å². The Kier molecular flexibility index (Phi) is 3.47. The first-order chi connectivity index (χ1) is 10.5. The minimum atomic E-state index is -0.563. The summed E-state index contributed by atoms with van der Waals surface area (Å²) in [5.41, 5.74) is 1.41. The predicted molar refractivity (Wildman–Crippen MR) is 81.6 cm³/mol. The molecule has 0 bridgehead atoms. The SMILES string of the molecule is Cc1ccc2c(=O)cc(C(=O)Nc3ccc(F)cc3)oc2c1. The fourth-order valence-electron chi connectivity index (χ4n) is 2.10. The van der Waals surface area contributed by atoms with Gasteiger partial charge in [0.15, 0.2) is 11.2 Å². The molecule has 110 valence electrons. The Bertz CT molecular complexity index is 913. The average Bonchev–Trinajstić information content (AvgIpc) is 2.49. The van der Waals surface area contributed by atoms with Gasteiger partial charge in [0.2, 0.25) is 0 Å². The van der Waals surface area contributed by atoms with Crippen LogP contribution in [-0.4, -0.2) is 5.91 Å². The van der Waals surface area contributed by atoms with Crippen LogP contribution in [0, 0.1) is 12.7 Å². The minimum Gasteiger partial charge on any atom is -0.451 e. The summed E-state index contributed by atoms with van der Waals surface area (Å²) >= 11 is 0. The zero-order valence-electron chi connectivity index (χ0n) is 11.7. The summed E-state index contributed by atoms with van der Waals surface area (Å²) in [6, 6.07) is 11.6. The van der Waals surface area contributed by atoms with E-state index in [4.69, 9.17) is 4.42 Å². The Morgan fingerprint density at radius 3 is 2.55 bits per heavy atom. The van der Waals surface area contributed by atoms with E-state index in [0.29, 0.717) is 16.7 Å². The van der Waals surface area contributed by atoms with E-state index in [9.17, 15) is 14.0 Å². The lowest BCUT2D eigenvalue weighted by atomic mass is 10.1. The molecule has 22 heavy (non-hydrogen) atoms. The van der Waals surface area contributed by atoms with Crippen molar-refractivity contribution in [3.63, 3.8) is 0 Å². The number of carbonyl (C=O) groups excluding carboxylic acids is 1. The third-order valence-electron chi connectivity index (χ3n) is 3.21. The summed E-state index contributed by atoms with van der Waals surface area (Å²) in [4.78, 5) is 24.2. The lowest BCUT2D eigenvalue weighted by Crippen LogP contribution is -2.15. The van der Waals surface area contributed by atoms with Gasteiger partial charge in [0.25, 0.3) is 5.91 Å². The van der Waals surface area contributed by atoms with Crippen molar-refractivity contribution in [1.29, 1.82) is 0 Å². The number of nitrogens with one attached hydrogen (secondary N) is 1. The van der Waals surface area contributed by atoms with Crippen molar-refractivity contribution >= 4 is 22.6 Å². The number of carbonyl (C=O) groups is 1. The van der Waals surface area contributed by atoms with E-state index in [0.717, 1.165) is 11.6 Å². The van der Waals surface area contributed by atoms with Crippen molar-refractivity contribution in [2.24, 2.45) is 0 Å². The first kappa shape index (κ1) is 14.0. The Labute approximate surface area is 125 Å². The maximum atomic E-state index is 12.8. The first-order valence-electron chi connectivity index (χ1n) is 6.64. The van der Waals surface area contributed by atoms with Gasteiger partial charge in [-0.15, -0.1) is 0 Å². The zero-order chi connectivity index (χ0) is 15.7. The van der Waals surface area contributed by atoms with Gasteiger partial charge in [-0.2, -0.15) is 0 Å². The second-order valence-corrected chi connectivity index (χ2v) is 4.94. The number of hydrogen-bond acceptors (Lipinski definition) is 3. The van der Waals surface area contributed by atoms with Crippen molar-refractivity contribution in [2.75, 3.05) is 5.32 Å². The molecule has 1 aromatic heterocycles. The molecule has 1 N–H and O–H groups in total. The highest BCUT2D eigenvalue weighted by Crippen LogP contribution is 2.16. The predicted octanol–water partition coefficient (Wildman–Crippen LogP) is 3.49. The summed E-state index contributed by atoms with van der Waals surface area (Å²) < 4.78 is 18.3. The van der Waals surface area contributed by atoms with Crippen LogP contribution in [0.2, 0.25) is 0 Å². The van der Waals surface area contributed by atoms with Crippen molar-refractivity contribution < 1.29 is 13.6 Å². The normalized spacial score (nSPS) is 10.6. The lowest BCUT2D eigenvalue weighted by molar-refractivity contribution is 0.0997. The number of benzene rings is 2. The van der Waals surface area contributed by atoms with Crippen molar-refractivity contribution in [1.82, 2.24) is 0 Å². The molecular formula is C17H12FNO3. The summed E-state index contributed by atoms with van der Waals surface area (Å²) in [6.07, 6.45) is 0. The van der Waals surface area contributed by atoms with Gasteiger partial charge in [-0.25, -0.2) is 4.39 Å². The number of aryl methyl sites for hydroxylation is 1. The second kappa shape index (κ2) is 5.44. The summed E-state index contributed by atoms with van der Waals surface area (Å²) in [6.45, 7) is 1.87. The van der Waals surface area contributed by atoms with E-state index < -0.39 is 11.7 Å². The van der Waals surface area contributed by atoms with Gasteiger partial charge in [-0.1, -0.05) is 6.07 Å². The second-order valence-electron chi connectivity index (χ2n) is 4.94. The third kappa shape index (κ3) is 2.74. The molecule has 0 unspecified atom stereocenters. The Morgan fingerprint density at radius 1 is 1.09 bits per heavy atom. The highest BCUT2D eigenvalue weighted by atomic mass is 19.1. The smallest absolute Gasteiger partial charge is 0.291 e. The van der Waals surface area contributed by atoms with Gasteiger partial charge in [0.05, 0.1) is 5.39 Å². The molecule has 1 heterocycles. The fraction of sp³-hybridized carbons (Fsp3) is 0.0588. The molecular weight excluding hydrogens is 285 g/mol. The van der Waals surface area contributed by atoms with Crippen LogP contribution in [0.4, 0.5) is 10.1 Å². The van der Waals surface area contributed by atoms with Gasteiger partial charge in [0, 0.05) is 11.8 Å². The van der Waals surface area contributed by atoms with Crippen LogP contribution in [0.25, 0.3) is 11.0 Å². The van der Waals surface area contributed by atoms with Crippen molar-refractivity contribution in [3.05, 3.63) is 75.9 Å². The van der Waals surface area contributed by atoms with Gasteiger partial charge in [0.1, 0.15) is 11.4 Å². The molecule has 3 rings (SSSR count). The Hall–Kier alpha value is -2.95. The third-order valence-corrected chi connectivity index (χ3v) is 3.21. The van der Waals surface area contributed by atoms with Gasteiger partial charge >= 0.3 is 0 Å². The highest BCUT2D eigenvalue weighted by Gasteiger charge is 2.12. The zero-order valence-corrected chi connectivity index (χ0v) is 11.7. The Morgan fingerprint density at radius 2 is 1.82 bits per heavy atom. The van der Waals surface area contributed by atoms with E-state index >= 15 is 0 Å². The van der Waals surface area contributed by atoms with Gasteiger partial charge in [-0.05, 0) is 48.9 Å². The molecule has 5 heteroatoms. The first-order valence-corrected chi connectivity index (χ1v) is 6.64. The largest absolute Gasteiger partial charge is 0.451 e. The maximum Gasteiger partial charge on any atom is 0.291 e. The van der Waals surface area contributed by atoms with Crippen LogP contribution in [-0.2, 0) is 0 Å². The molecule has 0 saturated heterocycles. The van der Waals surface area contributed by atoms with Crippen LogP contribution in [0.3, 0.4) is 0 Å². The molecule has 0 saturated carbocycles. The van der Waals surface area contributed by atoms with Crippen molar-refractivity contribution in [3.8, 4) is 0 Å². The van der Waals surface area contributed by atoms with Gasteiger partial charge in [-0.3, -0.25) is 9.59 Å². The molecule has 0 aliphatic carbocycles. The molecule has 0 aliphatic rings. The molecule has 1 amide bonds. The topological polar surface area (TPSA) is 59.3 Å². The summed E-state index contributed by atoms with van der Waals surface area (Å²) in [5.74, 6) is -1.05. The molecule has 4 nitrogen and oxygen atoms in total. The quantitative estimate of drug-likeness (QED) is 0.787. The average molecular weight is 297 g/mol. The highest BCUT2D eigenvalue weighted by molar-refractivity contribution is 6.02. The number of rotatable bonds is 2. The number of fused-ring (bicyclic) bond motifs is 1. The van der Waals surface area contributed by atoms with Crippen LogP contribution in [0.15, 0.2) is 57.7 Å². The lowest BCUT2D eigenvalue weighted by Gasteiger charge is -2.05. The molecule has 0 radical (unpaired) electrons. The summed E-state index contributed by atoms with van der Waals surface area (Å²) in [5, 5.41) is 2.97. The van der Waals surface area contributed by atoms with Crippen LogP contribution in [0.5, 0.6) is 0 Å². The van der Waals surface area contributed by atoms with Crippen molar-refractivity contribution in [2.45, 2.75) is 6.92 Å². The molecule has 3 aromatic rings. The Balaban J connectivity index is 1.97. The van der Waals surface area contributed by atoms with E-state index in [1.165, 1.54) is 24.3 Å². The van der Waals surface area contributed by atoms with Crippen LogP contribution >= 0.6 is 0 Å². The van der Waals surface area contributed by atoms with E-state index in [1.54, 1.807) is 18.2 Å². The van der Waals surface area contributed by atoms with Gasteiger partial charge < -0.3 is 9.73 Å². The minimum absolute atomic E-state index is 0.0903. The standard InChI is InChI=1S/C17H12FNO3/c1-10-2-7-13-14(20)9-16(22-15(13)8-10)17(21)19-12-5-3-11(18)4-6-12/h2-9H,1H3,(H,19,21).